The van der Waals surface area contributed by atoms with E-state index in [2.05, 4.69) is 6.08 Å². The smallest absolute Gasteiger partial charge is 0.123 e. The molecular formula is C10H16O. The lowest BCUT2D eigenvalue weighted by atomic mass is 10.1. The molecule has 0 radical (unpaired) electrons. The lowest BCUT2D eigenvalue weighted by Crippen LogP contribution is -1.81. The molecule has 0 spiro atoms. The van der Waals surface area contributed by atoms with Crippen molar-refractivity contribution in [3.05, 3.63) is 11.6 Å². The van der Waals surface area contributed by atoms with Crippen LogP contribution in [-0.4, -0.2) is 6.29 Å². The Labute approximate surface area is 68.5 Å². The van der Waals surface area contributed by atoms with Gasteiger partial charge < -0.3 is 4.79 Å². The lowest BCUT2D eigenvalue weighted by molar-refractivity contribution is -0.107. The van der Waals surface area contributed by atoms with Gasteiger partial charge in [-0.3, -0.25) is 0 Å². The molecule has 0 aromatic carbocycles. The first kappa shape index (κ1) is 8.51. The standard InChI is InChI=1S/C10H16O/c11-9-5-8-10-6-3-1-2-4-7-10/h8-9H,1-7H2. The Morgan fingerprint density at radius 1 is 1.09 bits per heavy atom. The summed E-state index contributed by atoms with van der Waals surface area (Å²) in [5, 5.41) is 0. The van der Waals surface area contributed by atoms with Gasteiger partial charge in [-0.1, -0.05) is 24.5 Å². The average Bonchev–Trinajstić information content (AvgIpc) is 2.28. The highest BCUT2D eigenvalue weighted by Crippen LogP contribution is 2.21. The van der Waals surface area contributed by atoms with Crippen LogP contribution < -0.4 is 0 Å². The fourth-order valence-electron chi connectivity index (χ4n) is 1.60. The maximum atomic E-state index is 10.1. The van der Waals surface area contributed by atoms with Crippen molar-refractivity contribution < 1.29 is 4.79 Å². The van der Waals surface area contributed by atoms with Gasteiger partial charge in [-0.25, -0.2) is 0 Å². The van der Waals surface area contributed by atoms with Gasteiger partial charge in [-0.15, -0.1) is 0 Å². The molecule has 1 nitrogen and oxygen atoms in total. The Balaban J connectivity index is 2.35. The van der Waals surface area contributed by atoms with Crippen molar-refractivity contribution in [2.24, 2.45) is 0 Å². The summed E-state index contributed by atoms with van der Waals surface area (Å²) in [6.07, 6.45) is 11.6. The number of allylic oxidation sites excluding steroid dienone is 2. The van der Waals surface area contributed by atoms with Crippen molar-refractivity contribution in [1.29, 1.82) is 0 Å². The van der Waals surface area contributed by atoms with E-state index < -0.39 is 0 Å². The number of carbonyl (C=O) groups is 1. The molecule has 0 aromatic rings. The third kappa shape index (κ3) is 3.35. The van der Waals surface area contributed by atoms with Crippen LogP contribution in [-0.2, 0) is 4.79 Å². The van der Waals surface area contributed by atoms with Crippen molar-refractivity contribution in [2.75, 3.05) is 0 Å². The van der Waals surface area contributed by atoms with Crippen LogP contribution in [0.15, 0.2) is 11.6 Å². The molecule has 1 heteroatoms. The summed E-state index contributed by atoms with van der Waals surface area (Å²) < 4.78 is 0. The normalized spacial score (nSPS) is 19.1. The molecule has 1 fully saturated rings. The van der Waals surface area contributed by atoms with E-state index in [1.807, 2.05) is 0 Å². The van der Waals surface area contributed by atoms with Gasteiger partial charge in [-0.05, 0) is 25.7 Å². The highest BCUT2D eigenvalue weighted by Gasteiger charge is 2.02. The van der Waals surface area contributed by atoms with Crippen LogP contribution in [0.2, 0.25) is 0 Å². The molecule has 0 unspecified atom stereocenters. The number of carbonyl (C=O) groups excluding carboxylic acids is 1. The fourth-order valence-corrected chi connectivity index (χ4v) is 1.60. The maximum absolute atomic E-state index is 10.1. The third-order valence-corrected chi connectivity index (χ3v) is 2.25. The van der Waals surface area contributed by atoms with E-state index >= 15 is 0 Å². The Hall–Kier alpha value is -0.590. The second-order valence-electron chi connectivity index (χ2n) is 3.18. The first-order valence-corrected chi connectivity index (χ1v) is 4.55. The maximum Gasteiger partial charge on any atom is 0.123 e. The minimum atomic E-state index is 0.620. The summed E-state index contributed by atoms with van der Waals surface area (Å²) in [4.78, 5) is 10.1. The molecule has 62 valence electrons. The summed E-state index contributed by atoms with van der Waals surface area (Å²) in [5.74, 6) is 0. The van der Waals surface area contributed by atoms with Gasteiger partial charge >= 0.3 is 0 Å². The van der Waals surface area contributed by atoms with Crippen LogP contribution in [0, 0.1) is 0 Å². The molecule has 1 aliphatic carbocycles. The van der Waals surface area contributed by atoms with E-state index in [4.69, 9.17) is 0 Å². The Kier molecular flexibility index (Phi) is 3.95. The number of hydrogen-bond acceptors (Lipinski definition) is 1. The van der Waals surface area contributed by atoms with Gasteiger partial charge in [0.1, 0.15) is 6.29 Å². The van der Waals surface area contributed by atoms with Gasteiger partial charge in [0.15, 0.2) is 0 Å². The molecule has 0 aliphatic heterocycles. The monoisotopic (exact) mass is 152 g/mol. The van der Waals surface area contributed by atoms with Crippen molar-refractivity contribution in [3.63, 3.8) is 0 Å². The SMILES string of the molecule is O=CCC=C1CCCCCC1. The molecule has 0 atom stereocenters. The molecule has 0 aromatic heterocycles. The predicted octanol–water partition coefficient (Wildman–Crippen LogP) is 2.86. The second-order valence-corrected chi connectivity index (χ2v) is 3.18. The Bertz CT molecular complexity index is 137. The van der Waals surface area contributed by atoms with E-state index in [1.54, 1.807) is 0 Å². The van der Waals surface area contributed by atoms with Crippen LogP contribution >= 0.6 is 0 Å². The van der Waals surface area contributed by atoms with Crippen molar-refractivity contribution in [2.45, 2.75) is 44.9 Å². The second kappa shape index (κ2) is 5.11. The van der Waals surface area contributed by atoms with Crippen LogP contribution in [0.25, 0.3) is 0 Å². The van der Waals surface area contributed by atoms with Crippen LogP contribution in [0.5, 0.6) is 0 Å². The molecule has 1 aliphatic rings. The average molecular weight is 152 g/mol. The fraction of sp³-hybridized carbons (Fsp3) is 0.700. The van der Waals surface area contributed by atoms with Crippen LogP contribution in [0.1, 0.15) is 44.9 Å². The Morgan fingerprint density at radius 2 is 1.73 bits per heavy atom. The van der Waals surface area contributed by atoms with E-state index in [-0.39, 0.29) is 0 Å². The summed E-state index contributed by atoms with van der Waals surface area (Å²) in [5.41, 5.74) is 1.51. The summed E-state index contributed by atoms with van der Waals surface area (Å²) >= 11 is 0. The number of rotatable bonds is 2. The van der Waals surface area contributed by atoms with Crippen LogP contribution in [0.3, 0.4) is 0 Å². The lowest BCUT2D eigenvalue weighted by Gasteiger charge is -1.99. The zero-order chi connectivity index (χ0) is 7.94. The molecule has 0 amide bonds. The van der Waals surface area contributed by atoms with Crippen molar-refractivity contribution >= 4 is 6.29 Å². The van der Waals surface area contributed by atoms with Gasteiger partial charge in [-0.2, -0.15) is 0 Å². The predicted molar refractivity (Wildman–Crippen MR) is 46.5 cm³/mol. The quantitative estimate of drug-likeness (QED) is 0.338. The van der Waals surface area contributed by atoms with E-state index in [0.29, 0.717) is 6.42 Å². The molecule has 0 N–H and O–H groups in total. The summed E-state index contributed by atoms with van der Waals surface area (Å²) in [6, 6.07) is 0. The molecule has 1 saturated carbocycles. The third-order valence-electron chi connectivity index (χ3n) is 2.25. The molecule has 0 bridgehead atoms. The zero-order valence-electron chi connectivity index (χ0n) is 7.01. The van der Waals surface area contributed by atoms with Crippen molar-refractivity contribution in [1.82, 2.24) is 0 Å². The number of hydrogen-bond donors (Lipinski definition) is 0. The Morgan fingerprint density at radius 3 is 2.27 bits per heavy atom. The van der Waals surface area contributed by atoms with E-state index in [1.165, 1.54) is 44.1 Å². The molecule has 1 rings (SSSR count). The first-order chi connectivity index (χ1) is 5.43. The van der Waals surface area contributed by atoms with E-state index in [0.717, 1.165) is 6.29 Å². The zero-order valence-corrected chi connectivity index (χ0v) is 7.01. The highest BCUT2D eigenvalue weighted by atomic mass is 16.1. The minimum absolute atomic E-state index is 0.620. The molecule has 11 heavy (non-hydrogen) atoms. The van der Waals surface area contributed by atoms with Crippen LogP contribution in [0.4, 0.5) is 0 Å². The summed E-state index contributed by atoms with van der Waals surface area (Å²) in [7, 11) is 0. The molecule has 0 saturated heterocycles. The molecular weight excluding hydrogens is 136 g/mol. The first-order valence-electron chi connectivity index (χ1n) is 4.55. The van der Waals surface area contributed by atoms with Gasteiger partial charge in [0.2, 0.25) is 0 Å². The van der Waals surface area contributed by atoms with Crippen molar-refractivity contribution in [3.8, 4) is 0 Å². The van der Waals surface area contributed by atoms with Gasteiger partial charge in [0.05, 0.1) is 0 Å². The largest absolute Gasteiger partial charge is 0.303 e. The topological polar surface area (TPSA) is 17.1 Å². The van der Waals surface area contributed by atoms with Gasteiger partial charge in [0.25, 0.3) is 0 Å². The van der Waals surface area contributed by atoms with E-state index in [9.17, 15) is 4.79 Å². The molecule has 0 heterocycles. The van der Waals surface area contributed by atoms with Gasteiger partial charge in [0, 0.05) is 6.42 Å². The highest BCUT2D eigenvalue weighted by molar-refractivity contribution is 5.52. The summed E-state index contributed by atoms with van der Waals surface area (Å²) in [6.45, 7) is 0. The number of aldehydes is 1. The minimum Gasteiger partial charge on any atom is -0.303 e.